The van der Waals surface area contributed by atoms with E-state index in [2.05, 4.69) is 9.71 Å². The maximum absolute atomic E-state index is 12.4. The van der Waals surface area contributed by atoms with E-state index < -0.39 is 10.0 Å². The Morgan fingerprint density at radius 1 is 1.50 bits per heavy atom. The van der Waals surface area contributed by atoms with Crippen LogP contribution in [0.5, 0.6) is 0 Å². The molecule has 2 rings (SSSR count). The van der Waals surface area contributed by atoms with Crippen LogP contribution in [0.2, 0.25) is 0 Å². The number of pyridine rings is 1. The molecular formula is C12H13N3O2S3. The van der Waals surface area contributed by atoms with Crippen LogP contribution >= 0.6 is 23.6 Å². The first-order valence-corrected chi connectivity index (χ1v) is 8.54. The highest BCUT2D eigenvalue weighted by Crippen LogP contribution is 2.20. The zero-order valence-corrected chi connectivity index (χ0v) is 13.1. The van der Waals surface area contributed by atoms with Crippen molar-refractivity contribution < 1.29 is 8.42 Å². The molecule has 3 N–H and O–H groups in total. The van der Waals surface area contributed by atoms with Crippen molar-refractivity contribution in [3.63, 3.8) is 0 Å². The van der Waals surface area contributed by atoms with E-state index in [1.807, 2.05) is 16.8 Å². The van der Waals surface area contributed by atoms with Crippen LogP contribution in [0.3, 0.4) is 0 Å². The number of thiocarbonyl (C=S) groups is 1. The van der Waals surface area contributed by atoms with Crippen LogP contribution in [0.25, 0.3) is 0 Å². The zero-order valence-electron chi connectivity index (χ0n) is 10.6. The van der Waals surface area contributed by atoms with Crippen molar-refractivity contribution in [2.45, 2.75) is 17.9 Å². The normalized spacial score (nSPS) is 13.1. The van der Waals surface area contributed by atoms with Gasteiger partial charge in [0.05, 0.1) is 0 Å². The number of nitrogens with zero attached hydrogens (tertiary/aromatic N) is 1. The molecule has 0 saturated carbocycles. The molecule has 0 saturated heterocycles. The smallest absolute Gasteiger partial charge is 0.243 e. The largest absolute Gasteiger partial charge is 0.388 e. The topological polar surface area (TPSA) is 85.1 Å². The van der Waals surface area contributed by atoms with Gasteiger partial charge in [-0.3, -0.25) is 4.98 Å². The number of hydrogen-bond donors (Lipinski definition) is 2. The third kappa shape index (κ3) is 3.21. The number of thiophene rings is 1. The predicted molar refractivity (Wildman–Crippen MR) is 83.2 cm³/mol. The van der Waals surface area contributed by atoms with Crippen molar-refractivity contribution >= 4 is 38.6 Å². The molecule has 20 heavy (non-hydrogen) atoms. The van der Waals surface area contributed by atoms with Gasteiger partial charge >= 0.3 is 0 Å². The predicted octanol–water partition coefficient (Wildman–Crippen LogP) is 1.82. The highest BCUT2D eigenvalue weighted by molar-refractivity contribution is 7.89. The molecule has 0 amide bonds. The lowest BCUT2D eigenvalue weighted by Crippen LogP contribution is -2.29. The molecule has 0 aliphatic rings. The Morgan fingerprint density at radius 2 is 2.25 bits per heavy atom. The first kappa shape index (κ1) is 15.0. The highest BCUT2D eigenvalue weighted by atomic mass is 32.2. The Morgan fingerprint density at radius 3 is 2.85 bits per heavy atom. The summed E-state index contributed by atoms with van der Waals surface area (Å²) in [7, 11) is -3.74. The number of rotatable bonds is 5. The summed E-state index contributed by atoms with van der Waals surface area (Å²) < 4.78 is 27.4. The van der Waals surface area contributed by atoms with Gasteiger partial charge in [-0.05, 0) is 41.4 Å². The molecule has 2 aromatic heterocycles. The number of nitrogens with one attached hydrogen (secondary N) is 1. The fourth-order valence-corrected chi connectivity index (χ4v) is 4.06. The number of aromatic nitrogens is 1. The summed E-state index contributed by atoms with van der Waals surface area (Å²) >= 11 is 6.35. The van der Waals surface area contributed by atoms with Crippen LogP contribution in [0.4, 0.5) is 0 Å². The molecule has 2 aromatic rings. The van der Waals surface area contributed by atoms with Crippen LogP contribution in [0.15, 0.2) is 40.1 Å². The van der Waals surface area contributed by atoms with Crippen molar-refractivity contribution in [3.05, 3.63) is 46.4 Å². The molecule has 1 unspecified atom stereocenters. The van der Waals surface area contributed by atoms with Gasteiger partial charge in [-0.1, -0.05) is 12.2 Å². The van der Waals surface area contributed by atoms with Crippen LogP contribution in [-0.4, -0.2) is 18.4 Å². The molecule has 0 aliphatic carbocycles. The van der Waals surface area contributed by atoms with E-state index in [9.17, 15) is 8.42 Å². The second-order valence-corrected chi connectivity index (χ2v) is 7.02. The Hall–Kier alpha value is -1.35. The lowest BCUT2D eigenvalue weighted by atomic mass is 10.2. The SMILES string of the molecule is CC(NS(=O)(=O)c1cccnc1C(N)=S)c1ccsc1. The van der Waals surface area contributed by atoms with Crippen LogP contribution in [0, 0.1) is 0 Å². The van der Waals surface area contributed by atoms with Crippen molar-refractivity contribution in [1.29, 1.82) is 0 Å². The van der Waals surface area contributed by atoms with Gasteiger partial charge in [-0.2, -0.15) is 11.3 Å². The van der Waals surface area contributed by atoms with E-state index in [-0.39, 0.29) is 21.6 Å². The number of nitrogens with two attached hydrogens (primary N) is 1. The number of sulfonamides is 1. The molecule has 1 atom stereocenters. The Labute approximate surface area is 126 Å². The maximum Gasteiger partial charge on any atom is 0.243 e. The molecule has 8 heteroatoms. The van der Waals surface area contributed by atoms with Gasteiger partial charge in [-0.15, -0.1) is 0 Å². The molecule has 0 aliphatic heterocycles. The molecule has 5 nitrogen and oxygen atoms in total. The van der Waals surface area contributed by atoms with Crippen molar-refractivity contribution in [2.24, 2.45) is 5.73 Å². The average Bonchev–Trinajstić information content (AvgIpc) is 2.92. The maximum atomic E-state index is 12.4. The van der Waals surface area contributed by atoms with E-state index in [4.69, 9.17) is 18.0 Å². The van der Waals surface area contributed by atoms with Gasteiger partial charge in [0.1, 0.15) is 15.6 Å². The molecule has 0 bridgehead atoms. The summed E-state index contributed by atoms with van der Waals surface area (Å²) in [6, 6.07) is 4.50. The minimum atomic E-state index is -3.74. The summed E-state index contributed by atoms with van der Waals surface area (Å²) in [5, 5.41) is 3.79. The van der Waals surface area contributed by atoms with Crippen molar-refractivity contribution in [2.75, 3.05) is 0 Å². The third-order valence-corrected chi connectivity index (χ3v) is 5.14. The summed E-state index contributed by atoms with van der Waals surface area (Å²) in [5.74, 6) is 0. The van der Waals surface area contributed by atoms with Gasteiger partial charge < -0.3 is 5.73 Å². The highest BCUT2D eigenvalue weighted by Gasteiger charge is 2.23. The standard InChI is InChI=1S/C12H13N3O2S3/c1-8(9-4-6-19-7-9)15-20(16,17)10-3-2-5-14-11(10)12(13)18/h2-8,15H,1H3,(H2,13,18). The van der Waals surface area contributed by atoms with Crippen molar-refractivity contribution in [1.82, 2.24) is 9.71 Å². The van der Waals surface area contributed by atoms with Crippen LogP contribution in [0.1, 0.15) is 24.2 Å². The summed E-state index contributed by atoms with van der Waals surface area (Å²) in [5.41, 5.74) is 6.52. The Kier molecular flexibility index (Phi) is 4.48. The minimum Gasteiger partial charge on any atom is -0.388 e. The molecule has 0 radical (unpaired) electrons. The van der Waals surface area contributed by atoms with Gasteiger partial charge in [0, 0.05) is 12.2 Å². The van der Waals surface area contributed by atoms with E-state index in [1.165, 1.54) is 29.7 Å². The first-order valence-electron chi connectivity index (χ1n) is 5.71. The second kappa shape index (κ2) is 5.96. The quantitative estimate of drug-likeness (QED) is 0.818. The number of hydrogen-bond acceptors (Lipinski definition) is 5. The fourth-order valence-electron chi connectivity index (χ4n) is 1.68. The zero-order chi connectivity index (χ0) is 14.8. The molecular weight excluding hydrogens is 314 g/mol. The van der Waals surface area contributed by atoms with Crippen LogP contribution in [-0.2, 0) is 10.0 Å². The average molecular weight is 327 g/mol. The molecule has 0 spiro atoms. The Balaban J connectivity index is 2.34. The molecule has 2 heterocycles. The molecule has 0 aromatic carbocycles. The van der Waals surface area contributed by atoms with Gasteiger partial charge in [0.2, 0.25) is 10.0 Å². The van der Waals surface area contributed by atoms with E-state index >= 15 is 0 Å². The Bertz CT molecular complexity index is 711. The van der Waals surface area contributed by atoms with Gasteiger partial charge in [0.25, 0.3) is 0 Å². The van der Waals surface area contributed by atoms with Crippen molar-refractivity contribution in [3.8, 4) is 0 Å². The first-order chi connectivity index (χ1) is 9.42. The summed E-state index contributed by atoms with van der Waals surface area (Å²) in [6.07, 6.45) is 1.45. The summed E-state index contributed by atoms with van der Waals surface area (Å²) in [4.78, 5) is 3.88. The van der Waals surface area contributed by atoms with E-state index in [1.54, 1.807) is 6.92 Å². The fraction of sp³-hybridized carbons (Fsp3) is 0.167. The minimum absolute atomic E-state index is 0.00502. The van der Waals surface area contributed by atoms with Gasteiger partial charge in [0.15, 0.2) is 0 Å². The van der Waals surface area contributed by atoms with E-state index in [0.29, 0.717) is 0 Å². The van der Waals surface area contributed by atoms with Gasteiger partial charge in [-0.25, -0.2) is 13.1 Å². The lowest BCUT2D eigenvalue weighted by molar-refractivity contribution is 0.566. The molecule has 0 fully saturated rings. The molecule has 106 valence electrons. The monoisotopic (exact) mass is 327 g/mol. The van der Waals surface area contributed by atoms with E-state index in [0.717, 1.165) is 5.56 Å². The third-order valence-electron chi connectivity index (χ3n) is 2.67. The lowest BCUT2D eigenvalue weighted by Gasteiger charge is -2.14. The summed E-state index contributed by atoms with van der Waals surface area (Å²) in [6.45, 7) is 1.77. The second-order valence-electron chi connectivity index (χ2n) is 4.11. The van der Waals surface area contributed by atoms with Crippen LogP contribution < -0.4 is 10.5 Å².